The van der Waals surface area contributed by atoms with Crippen LogP contribution in [0.3, 0.4) is 0 Å². The summed E-state index contributed by atoms with van der Waals surface area (Å²) in [5.41, 5.74) is 1.31. The van der Waals surface area contributed by atoms with Gasteiger partial charge in [0.05, 0.1) is 0 Å². The van der Waals surface area contributed by atoms with Gasteiger partial charge in [-0.2, -0.15) is 0 Å². The molecule has 1 atom stereocenters. The van der Waals surface area contributed by atoms with Gasteiger partial charge in [0.1, 0.15) is 0 Å². The summed E-state index contributed by atoms with van der Waals surface area (Å²) >= 11 is 0. The quantitative estimate of drug-likeness (QED) is 0.617. The van der Waals surface area contributed by atoms with Crippen molar-refractivity contribution >= 4 is 0 Å². The van der Waals surface area contributed by atoms with E-state index in [1.54, 1.807) is 0 Å². The zero-order valence-corrected chi connectivity index (χ0v) is 13.2. The summed E-state index contributed by atoms with van der Waals surface area (Å²) in [5.74, 6) is 0.434. The van der Waals surface area contributed by atoms with Crippen LogP contribution >= 0.6 is 0 Å². The summed E-state index contributed by atoms with van der Waals surface area (Å²) in [7, 11) is 4.21. The number of aromatic nitrogens is 1. The van der Waals surface area contributed by atoms with E-state index >= 15 is 0 Å². The molecule has 4 heteroatoms. The monoisotopic (exact) mass is 280 g/mol. The second kappa shape index (κ2) is 9.86. The van der Waals surface area contributed by atoms with Crippen molar-refractivity contribution < 1.29 is 9.47 Å². The van der Waals surface area contributed by atoms with Crippen LogP contribution in [0.25, 0.3) is 0 Å². The van der Waals surface area contributed by atoms with Gasteiger partial charge in [-0.3, -0.25) is 4.98 Å². The Morgan fingerprint density at radius 3 is 2.20 bits per heavy atom. The Morgan fingerprint density at radius 1 is 1.10 bits per heavy atom. The van der Waals surface area contributed by atoms with Gasteiger partial charge in [0.2, 0.25) is 0 Å². The highest BCUT2D eigenvalue weighted by Crippen LogP contribution is 2.26. The van der Waals surface area contributed by atoms with E-state index in [-0.39, 0.29) is 6.29 Å². The lowest BCUT2D eigenvalue weighted by atomic mass is 9.93. The van der Waals surface area contributed by atoms with E-state index in [4.69, 9.17) is 9.47 Å². The Morgan fingerprint density at radius 2 is 1.70 bits per heavy atom. The van der Waals surface area contributed by atoms with Gasteiger partial charge in [0, 0.05) is 32.0 Å². The molecule has 0 radical (unpaired) electrons. The van der Waals surface area contributed by atoms with E-state index in [0.717, 1.165) is 19.4 Å². The largest absolute Gasteiger partial charge is 0.353 e. The zero-order chi connectivity index (χ0) is 14.8. The molecule has 1 heterocycles. The summed E-state index contributed by atoms with van der Waals surface area (Å²) < 4.78 is 11.4. The third kappa shape index (κ3) is 6.46. The molecule has 4 nitrogen and oxygen atoms in total. The number of hydrogen-bond donors (Lipinski definition) is 0. The Labute approximate surface area is 123 Å². The first kappa shape index (κ1) is 17.1. The Bertz CT molecular complexity index is 338. The summed E-state index contributed by atoms with van der Waals surface area (Å²) in [6, 6.07) is 4.19. The molecule has 0 aromatic carbocycles. The molecule has 114 valence electrons. The highest BCUT2D eigenvalue weighted by molar-refractivity contribution is 5.15. The fraction of sp³-hybridized carbons (Fsp3) is 0.688. The number of pyridine rings is 1. The summed E-state index contributed by atoms with van der Waals surface area (Å²) in [5, 5.41) is 0. The minimum atomic E-state index is -0.120. The van der Waals surface area contributed by atoms with Crippen molar-refractivity contribution in [2.24, 2.45) is 0 Å². The lowest BCUT2D eigenvalue weighted by Crippen LogP contribution is -2.23. The van der Waals surface area contributed by atoms with Gasteiger partial charge < -0.3 is 14.4 Å². The molecule has 0 bridgehead atoms. The van der Waals surface area contributed by atoms with E-state index < -0.39 is 0 Å². The van der Waals surface area contributed by atoms with Gasteiger partial charge >= 0.3 is 0 Å². The topological polar surface area (TPSA) is 34.6 Å². The third-order valence-electron chi connectivity index (χ3n) is 3.28. The molecule has 1 unspecified atom stereocenters. The van der Waals surface area contributed by atoms with Crippen LogP contribution in [0.2, 0.25) is 0 Å². The number of nitrogens with zero attached hydrogens (tertiary/aromatic N) is 2. The predicted molar refractivity (Wildman–Crippen MR) is 81.8 cm³/mol. The molecule has 0 aliphatic carbocycles. The van der Waals surface area contributed by atoms with Gasteiger partial charge in [-0.1, -0.05) is 0 Å². The molecule has 0 spiro atoms. The van der Waals surface area contributed by atoms with E-state index in [1.165, 1.54) is 5.56 Å². The van der Waals surface area contributed by atoms with Crippen LogP contribution in [-0.2, 0) is 9.47 Å². The fourth-order valence-corrected chi connectivity index (χ4v) is 2.26. The fourth-order valence-electron chi connectivity index (χ4n) is 2.26. The van der Waals surface area contributed by atoms with Gasteiger partial charge in [-0.15, -0.1) is 0 Å². The number of rotatable bonds is 10. The zero-order valence-electron chi connectivity index (χ0n) is 13.2. The molecule has 1 rings (SSSR count). The second-order valence-corrected chi connectivity index (χ2v) is 5.15. The van der Waals surface area contributed by atoms with E-state index in [0.29, 0.717) is 19.1 Å². The highest BCUT2D eigenvalue weighted by Gasteiger charge is 2.19. The molecule has 20 heavy (non-hydrogen) atoms. The van der Waals surface area contributed by atoms with Gasteiger partial charge in [0.25, 0.3) is 0 Å². The molecule has 0 saturated carbocycles. The maximum Gasteiger partial charge on any atom is 0.158 e. The Balaban J connectivity index is 2.70. The van der Waals surface area contributed by atoms with Crippen LogP contribution < -0.4 is 0 Å². The normalized spacial score (nSPS) is 13.1. The van der Waals surface area contributed by atoms with Crippen LogP contribution in [0.15, 0.2) is 24.5 Å². The van der Waals surface area contributed by atoms with Crippen LogP contribution in [0.1, 0.15) is 38.2 Å². The van der Waals surface area contributed by atoms with E-state index in [2.05, 4.69) is 36.1 Å². The van der Waals surface area contributed by atoms with Crippen LogP contribution in [0, 0.1) is 0 Å². The van der Waals surface area contributed by atoms with Crippen LogP contribution in [0.4, 0.5) is 0 Å². The van der Waals surface area contributed by atoms with Gasteiger partial charge in [-0.05, 0) is 64.5 Å². The summed E-state index contributed by atoms with van der Waals surface area (Å²) in [4.78, 5) is 6.31. The Kier molecular flexibility index (Phi) is 8.42. The molecule has 0 aliphatic heterocycles. The van der Waals surface area contributed by atoms with Crippen LogP contribution in [0.5, 0.6) is 0 Å². The van der Waals surface area contributed by atoms with Crippen molar-refractivity contribution in [1.82, 2.24) is 9.88 Å². The van der Waals surface area contributed by atoms with Gasteiger partial charge in [0.15, 0.2) is 6.29 Å². The van der Waals surface area contributed by atoms with Crippen molar-refractivity contribution in [2.45, 2.75) is 38.9 Å². The first-order valence-electron chi connectivity index (χ1n) is 7.45. The van der Waals surface area contributed by atoms with Crippen molar-refractivity contribution in [2.75, 3.05) is 33.9 Å². The maximum absolute atomic E-state index is 5.69. The minimum Gasteiger partial charge on any atom is -0.353 e. The number of ether oxygens (including phenoxy) is 2. The van der Waals surface area contributed by atoms with Crippen molar-refractivity contribution in [3.05, 3.63) is 30.1 Å². The first-order chi connectivity index (χ1) is 9.67. The number of hydrogen-bond acceptors (Lipinski definition) is 4. The smallest absolute Gasteiger partial charge is 0.158 e. The molecule has 0 fully saturated rings. The summed E-state index contributed by atoms with van der Waals surface area (Å²) in [6.45, 7) is 6.43. The van der Waals surface area contributed by atoms with Gasteiger partial charge in [-0.25, -0.2) is 0 Å². The van der Waals surface area contributed by atoms with Crippen molar-refractivity contribution in [3.63, 3.8) is 0 Å². The lowest BCUT2D eigenvalue weighted by molar-refractivity contribution is -0.142. The summed E-state index contributed by atoms with van der Waals surface area (Å²) in [6.07, 6.45) is 5.57. The average molecular weight is 280 g/mol. The van der Waals surface area contributed by atoms with E-state index in [9.17, 15) is 0 Å². The molecule has 1 aromatic heterocycles. The first-order valence-corrected chi connectivity index (χ1v) is 7.45. The standard InChI is InChI=1S/C16H28N2O2/c1-5-19-16(20-6-2)13-15(9-12-18(3)4)14-7-10-17-11-8-14/h7-8,10-11,15-16H,5-6,9,12-13H2,1-4H3. The van der Waals surface area contributed by atoms with Crippen LogP contribution in [-0.4, -0.2) is 50.0 Å². The maximum atomic E-state index is 5.69. The average Bonchev–Trinajstić information content (AvgIpc) is 2.44. The molecule has 0 N–H and O–H groups in total. The lowest BCUT2D eigenvalue weighted by Gasteiger charge is -2.25. The molecular weight excluding hydrogens is 252 g/mol. The third-order valence-corrected chi connectivity index (χ3v) is 3.28. The van der Waals surface area contributed by atoms with E-state index in [1.807, 2.05) is 26.2 Å². The molecule has 0 saturated heterocycles. The predicted octanol–water partition coefficient (Wildman–Crippen LogP) is 2.91. The second-order valence-electron chi connectivity index (χ2n) is 5.15. The van der Waals surface area contributed by atoms with Crippen molar-refractivity contribution in [1.29, 1.82) is 0 Å². The molecular formula is C16H28N2O2. The SMILES string of the molecule is CCOC(CC(CCN(C)C)c1ccncc1)OCC. The Hall–Kier alpha value is -0.970. The molecule has 0 amide bonds. The van der Waals surface area contributed by atoms with Crippen molar-refractivity contribution in [3.8, 4) is 0 Å². The highest BCUT2D eigenvalue weighted by atomic mass is 16.7. The molecule has 0 aliphatic rings. The molecule has 1 aromatic rings. The minimum absolute atomic E-state index is 0.120.